The molecule has 12 heteroatoms. The smallest absolute Gasteiger partial charge is 0.314 e. The van der Waals surface area contributed by atoms with Gasteiger partial charge in [0, 0.05) is 56.3 Å². The number of amides is 3. The van der Waals surface area contributed by atoms with Crippen molar-refractivity contribution in [3.63, 3.8) is 0 Å². The summed E-state index contributed by atoms with van der Waals surface area (Å²) in [4.78, 5) is 45.3. The Morgan fingerprint density at radius 1 is 0.816 bits per heavy atom. The fraction of sp³-hybridized carbons (Fsp3) is 0.432. The zero-order valence-corrected chi connectivity index (χ0v) is 30.4. The van der Waals surface area contributed by atoms with Crippen molar-refractivity contribution in [1.29, 1.82) is 0 Å². The van der Waals surface area contributed by atoms with E-state index in [4.69, 9.17) is 28.9 Å². The lowest BCUT2D eigenvalue weighted by Crippen LogP contribution is -2.60. The second kappa shape index (κ2) is 16.6. The first kappa shape index (κ1) is 38.5. The SMILES string of the molecule is CCN1CCC(C(=O)O)(c2ccccc2)CC1C1(c2ccc(Cl)c(Cl)c2)CCN(C(=O)c2ccccc2)C1.CN1CCN(C(N)=O)CC1.Cl. The third kappa shape index (κ3) is 8.18. The van der Waals surface area contributed by atoms with Gasteiger partial charge in [-0.3, -0.25) is 14.5 Å². The molecule has 3 aromatic rings. The number of halogens is 3. The van der Waals surface area contributed by atoms with E-state index >= 15 is 0 Å². The van der Waals surface area contributed by atoms with Crippen molar-refractivity contribution in [1.82, 2.24) is 19.6 Å². The predicted molar refractivity (Wildman–Crippen MR) is 197 cm³/mol. The summed E-state index contributed by atoms with van der Waals surface area (Å²) < 4.78 is 0. The molecule has 0 bridgehead atoms. The third-order valence-corrected chi connectivity index (χ3v) is 11.2. The van der Waals surface area contributed by atoms with E-state index in [9.17, 15) is 19.5 Å². The number of carbonyl (C=O) groups excluding carboxylic acids is 2. The lowest BCUT2D eigenvalue weighted by atomic mass is 9.62. The largest absolute Gasteiger partial charge is 0.481 e. The standard InChI is InChI=1S/C31H32Cl2N2O3.C6H13N3O.ClH/c1-2-34-17-15-30(29(37)38,23-11-7-4-8-12-23)20-27(34)31(24-13-14-25(32)26(33)19-24)16-18-35(21-31)28(36)22-9-5-3-6-10-22;1-8-2-4-9(5-3-8)6(7)10;/h3-14,19,27H,2,15-18,20-21H2,1H3,(H,37,38);2-5H2,1H3,(H2,7,10);1H. The molecule has 0 aliphatic carbocycles. The average Bonchev–Trinajstić information content (AvgIpc) is 3.56. The van der Waals surface area contributed by atoms with Crippen LogP contribution in [0.25, 0.3) is 0 Å². The number of nitrogens with zero attached hydrogens (tertiary/aromatic N) is 4. The molecule has 0 spiro atoms. The highest BCUT2D eigenvalue weighted by Gasteiger charge is 2.56. The predicted octanol–water partition coefficient (Wildman–Crippen LogP) is 6.02. The molecule has 0 saturated carbocycles. The maximum absolute atomic E-state index is 13.5. The summed E-state index contributed by atoms with van der Waals surface area (Å²) in [6, 6.07) is 24.2. The average molecular weight is 731 g/mol. The van der Waals surface area contributed by atoms with Crippen LogP contribution in [0.3, 0.4) is 0 Å². The minimum absolute atomic E-state index is 0. The molecule has 3 N–H and O–H groups in total. The second-order valence-corrected chi connectivity index (χ2v) is 13.9. The number of likely N-dealkylation sites (N-methyl/N-ethyl adjacent to an activating group) is 2. The van der Waals surface area contributed by atoms with Crippen LogP contribution in [0.5, 0.6) is 0 Å². The Labute approximate surface area is 305 Å². The number of carbonyl (C=O) groups is 3. The van der Waals surface area contributed by atoms with Crippen molar-refractivity contribution in [2.75, 3.05) is 59.4 Å². The Hall–Kier alpha value is -3.34. The first-order chi connectivity index (χ1) is 23.0. The van der Waals surface area contributed by atoms with Gasteiger partial charge in [-0.15, -0.1) is 12.4 Å². The van der Waals surface area contributed by atoms with Crippen LogP contribution < -0.4 is 5.73 Å². The second-order valence-electron chi connectivity index (χ2n) is 13.1. The van der Waals surface area contributed by atoms with Crippen molar-refractivity contribution in [2.45, 2.75) is 43.1 Å². The number of piperazine rings is 1. The summed E-state index contributed by atoms with van der Waals surface area (Å²) in [7, 11) is 2.04. The van der Waals surface area contributed by atoms with Gasteiger partial charge < -0.3 is 25.5 Å². The highest BCUT2D eigenvalue weighted by molar-refractivity contribution is 6.42. The molecule has 3 heterocycles. The molecule has 6 rings (SSSR count). The number of primary amides is 1. The molecule has 3 saturated heterocycles. The highest BCUT2D eigenvalue weighted by atomic mass is 35.5. The number of rotatable bonds is 6. The molecule has 3 amide bonds. The van der Waals surface area contributed by atoms with E-state index in [-0.39, 0.29) is 30.4 Å². The Morgan fingerprint density at radius 2 is 1.45 bits per heavy atom. The maximum atomic E-state index is 13.5. The van der Waals surface area contributed by atoms with Gasteiger partial charge in [-0.2, -0.15) is 0 Å². The molecule has 3 aliphatic heterocycles. The van der Waals surface area contributed by atoms with Gasteiger partial charge in [0.25, 0.3) is 5.91 Å². The molecular formula is C37H46Cl3N5O4. The summed E-state index contributed by atoms with van der Waals surface area (Å²) in [5.41, 5.74) is 6.03. The van der Waals surface area contributed by atoms with Crippen LogP contribution >= 0.6 is 35.6 Å². The van der Waals surface area contributed by atoms with E-state index in [2.05, 4.69) is 16.7 Å². The molecule has 3 unspecified atom stereocenters. The van der Waals surface area contributed by atoms with Crippen LogP contribution in [0, 0.1) is 0 Å². The van der Waals surface area contributed by atoms with E-state index in [1.54, 1.807) is 4.90 Å². The zero-order chi connectivity index (χ0) is 34.5. The molecule has 9 nitrogen and oxygen atoms in total. The monoisotopic (exact) mass is 729 g/mol. The van der Waals surface area contributed by atoms with Crippen LogP contribution in [0.1, 0.15) is 47.7 Å². The summed E-state index contributed by atoms with van der Waals surface area (Å²) in [5.74, 6) is -0.817. The van der Waals surface area contributed by atoms with Gasteiger partial charge in [0.05, 0.1) is 15.5 Å². The van der Waals surface area contributed by atoms with E-state index in [1.165, 1.54) is 0 Å². The minimum Gasteiger partial charge on any atom is -0.481 e. The summed E-state index contributed by atoms with van der Waals surface area (Å²) in [6.07, 6.45) is 1.67. The van der Waals surface area contributed by atoms with Crippen molar-refractivity contribution in [2.24, 2.45) is 5.73 Å². The third-order valence-electron chi connectivity index (χ3n) is 10.5. The van der Waals surface area contributed by atoms with E-state index in [1.807, 2.05) is 90.8 Å². The first-order valence-electron chi connectivity index (χ1n) is 16.6. The lowest BCUT2D eigenvalue weighted by Gasteiger charge is -2.52. The van der Waals surface area contributed by atoms with Gasteiger partial charge in [0.1, 0.15) is 0 Å². The zero-order valence-electron chi connectivity index (χ0n) is 28.1. The Morgan fingerprint density at radius 3 is 2.02 bits per heavy atom. The molecule has 3 atom stereocenters. The quantitative estimate of drug-likeness (QED) is 0.321. The van der Waals surface area contributed by atoms with E-state index < -0.39 is 16.8 Å². The van der Waals surface area contributed by atoms with Gasteiger partial charge in [0.2, 0.25) is 0 Å². The number of hydrogen-bond acceptors (Lipinski definition) is 5. The summed E-state index contributed by atoms with van der Waals surface area (Å²) >= 11 is 12.9. The number of hydrogen-bond donors (Lipinski definition) is 2. The van der Waals surface area contributed by atoms with Gasteiger partial charge in [-0.05, 0) is 74.8 Å². The van der Waals surface area contributed by atoms with E-state index in [0.29, 0.717) is 54.5 Å². The Balaban J connectivity index is 0.000000424. The number of benzene rings is 3. The van der Waals surface area contributed by atoms with Gasteiger partial charge >= 0.3 is 12.0 Å². The van der Waals surface area contributed by atoms with Crippen molar-refractivity contribution in [3.05, 3.63) is 106 Å². The highest BCUT2D eigenvalue weighted by Crippen LogP contribution is 2.49. The number of nitrogens with two attached hydrogens (primary N) is 1. The van der Waals surface area contributed by atoms with Crippen LogP contribution in [0.4, 0.5) is 4.79 Å². The van der Waals surface area contributed by atoms with Crippen molar-refractivity contribution in [3.8, 4) is 0 Å². The van der Waals surface area contributed by atoms with Gasteiger partial charge in [-0.25, -0.2) is 4.79 Å². The molecule has 3 fully saturated rings. The van der Waals surface area contributed by atoms with E-state index in [0.717, 1.165) is 43.9 Å². The topological polar surface area (TPSA) is 110 Å². The normalized spacial score (nSPS) is 24.4. The van der Waals surface area contributed by atoms with Gasteiger partial charge in [0.15, 0.2) is 0 Å². The first-order valence-corrected chi connectivity index (χ1v) is 17.3. The van der Waals surface area contributed by atoms with Crippen LogP contribution in [-0.2, 0) is 15.6 Å². The molecular weight excluding hydrogens is 685 g/mol. The molecule has 3 aliphatic rings. The number of aliphatic carboxylic acids is 1. The molecule has 3 aromatic carbocycles. The fourth-order valence-corrected chi connectivity index (χ4v) is 7.91. The Bertz CT molecular complexity index is 1590. The van der Waals surface area contributed by atoms with Gasteiger partial charge in [-0.1, -0.05) is 84.7 Å². The Kier molecular flexibility index (Phi) is 13.0. The fourth-order valence-electron chi connectivity index (χ4n) is 7.61. The molecule has 0 radical (unpaired) electrons. The van der Waals surface area contributed by atoms with Crippen molar-refractivity contribution >= 4 is 53.5 Å². The number of carboxylic acid groups (broad SMARTS) is 1. The minimum atomic E-state index is -1.02. The number of likely N-dealkylation sites (tertiary alicyclic amines) is 2. The summed E-state index contributed by atoms with van der Waals surface area (Å²) in [6.45, 7) is 8.01. The number of piperidine rings is 1. The van der Waals surface area contributed by atoms with Crippen LogP contribution in [-0.4, -0.2) is 108 Å². The molecule has 264 valence electrons. The number of urea groups is 1. The lowest BCUT2D eigenvalue weighted by molar-refractivity contribution is -0.147. The van der Waals surface area contributed by atoms with Crippen LogP contribution in [0.15, 0.2) is 78.9 Å². The van der Waals surface area contributed by atoms with Crippen LogP contribution in [0.2, 0.25) is 10.0 Å². The van der Waals surface area contributed by atoms with Crippen molar-refractivity contribution < 1.29 is 19.5 Å². The molecule has 49 heavy (non-hydrogen) atoms. The molecule has 0 aromatic heterocycles. The summed E-state index contributed by atoms with van der Waals surface area (Å²) in [5, 5.41) is 11.6. The number of carboxylic acids is 1. The maximum Gasteiger partial charge on any atom is 0.314 e.